The number of piperazine rings is 1. The van der Waals surface area contributed by atoms with Gasteiger partial charge in [0.1, 0.15) is 0 Å². The van der Waals surface area contributed by atoms with Crippen molar-refractivity contribution in [1.82, 2.24) is 25.3 Å². The summed E-state index contributed by atoms with van der Waals surface area (Å²) in [5, 5.41) is 5.78. The Morgan fingerprint density at radius 2 is 1.88 bits per heavy atom. The first kappa shape index (κ1) is 17.3. The van der Waals surface area contributed by atoms with Crippen LogP contribution in [0.4, 0.5) is 4.79 Å². The summed E-state index contributed by atoms with van der Waals surface area (Å²) in [4.78, 5) is 35.1. The van der Waals surface area contributed by atoms with E-state index in [2.05, 4.69) is 31.5 Å². The van der Waals surface area contributed by atoms with E-state index in [0.29, 0.717) is 6.54 Å². The number of guanidine groups is 1. The first-order valence-corrected chi connectivity index (χ1v) is 9.46. The summed E-state index contributed by atoms with van der Waals surface area (Å²) in [5.41, 5.74) is 1.09. The normalized spacial score (nSPS) is 25.9. The lowest BCUT2D eigenvalue weighted by atomic mass is 10.1. The Kier molecular flexibility index (Phi) is 4.58. The van der Waals surface area contributed by atoms with Crippen molar-refractivity contribution in [2.75, 3.05) is 33.2 Å². The fourth-order valence-electron chi connectivity index (χ4n) is 3.60. The van der Waals surface area contributed by atoms with Crippen LogP contribution in [0.2, 0.25) is 0 Å². The molecule has 3 aliphatic rings. The number of hydrogen-bond donors (Lipinski definition) is 2. The zero-order valence-corrected chi connectivity index (χ0v) is 16.1. The maximum Gasteiger partial charge on any atom is 0.325 e. The summed E-state index contributed by atoms with van der Waals surface area (Å²) in [6.45, 7) is 3.97. The smallest absolute Gasteiger partial charge is 0.325 e. The minimum Gasteiger partial charge on any atom is -0.340 e. The van der Waals surface area contributed by atoms with Crippen molar-refractivity contribution in [3.63, 3.8) is 0 Å². The SMILES string of the molecule is CN1C(=O)NC(=O)C2C1N=C(N1CCNCC1)N2Cc1ccc(Br)cc1. The highest BCUT2D eigenvalue weighted by molar-refractivity contribution is 9.10. The number of urea groups is 1. The summed E-state index contributed by atoms with van der Waals surface area (Å²) >= 11 is 3.45. The molecule has 8 nitrogen and oxygen atoms in total. The molecule has 26 heavy (non-hydrogen) atoms. The molecule has 3 heterocycles. The Labute approximate surface area is 160 Å². The number of carbonyl (C=O) groups is 2. The first-order chi connectivity index (χ1) is 12.5. The molecule has 2 N–H and O–H groups in total. The van der Waals surface area contributed by atoms with Gasteiger partial charge in [0, 0.05) is 44.2 Å². The van der Waals surface area contributed by atoms with Crippen LogP contribution in [0.5, 0.6) is 0 Å². The van der Waals surface area contributed by atoms with Gasteiger partial charge in [-0.15, -0.1) is 0 Å². The van der Waals surface area contributed by atoms with Gasteiger partial charge in [-0.05, 0) is 17.7 Å². The van der Waals surface area contributed by atoms with Crippen LogP contribution in [-0.2, 0) is 11.3 Å². The molecule has 1 aromatic rings. The Morgan fingerprint density at radius 3 is 2.58 bits per heavy atom. The monoisotopic (exact) mass is 420 g/mol. The second kappa shape index (κ2) is 6.88. The Balaban J connectivity index is 1.67. The van der Waals surface area contributed by atoms with Gasteiger partial charge in [-0.1, -0.05) is 28.1 Å². The average Bonchev–Trinajstić information content (AvgIpc) is 3.02. The lowest BCUT2D eigenvalue weighted by Gasteiger charge is -2.38. The van der Waals surface area contributed by atoms with Crippen molar-refractivity contribution in [3.8, 4) is 0 Å². The van der Waals surface area contributed by atoms with E-state index < -0.39 is 18.2 Å². The topological polar surface area (TPSA) is 80.3 Å². The van der Waals surface area contributed by atoms with Crippen LogP contribution in [0.1, 0.15) is 5.56 Å². The number of carbonyl (C=O) groups excluding carboxylic acids is 2. The number of amides is 3. The van der Waals surface area contributed by atoms with E-state index in [0.717, 1.165) is 42.2 Å². The number of halogens is 1. The highest BCUT2D eigenvalue weighted by Crippen LogP contribution is 2.27. The van der Waals surface area contributed by atoms with Gasteiger partial charge in [0.2, 0.25) is 0 Å². The van der Waals surface area contributed by atoms with E-state index in [-0.39, 0.29) is 5.91 Å². The lowest BCUT2D eigenvalue weighted by Crippen LogP contribution is -2.64. The molecule has 0 aromatic heterocycles. The lowest BCUT2D eigenvalue weighted by molar-refractivity contribution is -0.127. The third-order valence-electron chi connectivity index (χ3n) is 5.00. The molecule has 2 atom stereocenters. The third kappa shape index (κ3) is 3.05. The van der Waals surface area contributed by atoms with Crippen molar-refractivity contribution in [1.29, 1.82) is 0 Å². The van der Waals surface area contributed by atoms with Gasteiger partial charge >= 0.3 is 6.03 Å². The number of nitrogens with zero attached hydrogens (tertiary/aromatic N) is 4. The predicted molar refractivity (Wildman–Crippen MR) is 100 cm³/mol. The third-order valence-corrected chi connectivity index (χ3v) is 5.53. The largest absolute Gasteiger partial charge is 0.340 e. The molecule has 4 rings (SSSR count). The standard InChI is InChI=1S/C17H21BrN6O2/c1-22-14-13(15(25)21-17(22)26)24(10-11-2-4-12(18)5-3-11)16(20-14)23-8-6-19-7-9-23/h2-5,13-14,19H,6-10H2,1H3,(H,21,25,26). The number of nitrogens with one attached hydrogen (secondary N) is 2. The average molecular weight is 421 g/mol. The summed E-state index contributed by atoms with van der Waals surface area (Å²) < 4.78 is 1.01. The highest BCUT2D eigenvalue weighted by Gasteiger charge is 2.49. The van der Waals surface area contributed by atoms with Gasteiger partial charge < -0.3 is 20.0 Å². The molecule has 3 aliphatic heterocycles. The Hall–Kier alpha value is -2.13. The molecule has 2 fully saturated rings. The zero-order valence-electron chi connectivity index (χ0n) is 14.5. The fraction of sp³-hybridized carbons (Fsp3) is 0.471. The number of rotatable bonds is 2. The molecule has 138 valence electrons. The summed E-state index contributed by atoms with van der Waals surface area (Å²) in [6.07, 6.45) is -0.489. The Bertz CT molecular complexity index is 746. The van der Waals surface area contributed by atoms with Crippen LogP contribution >= 0.6 is 15.9 Å². The molecule has 9 heteroatoms. The Morgan fingerprint density at radius 1 is 1.19 bits per heavy atom. The van der Waals surface area contributed by atoms with Gasteiger partial charge in [-0.2, -0.15) is 0 Å². The van der Waals surface area contributed by atoms with Crippen LogP contribution in [0.15, 0.2) is 33.7 Å². The van der Waals surface area contributed by atoms with Gasteiger partial charge in [0.15, 0.2) is 18.2 Å². The van der Waals surface area contributed by atoms with Crippen molar-refractivity contribution in [2.45, 2.75) is 18.8 Å². The molecule has 2 saturated heterocycles. The minimum atomic E-state index is -0.508. The van der Waals surface area contributed by atoms with Crippen molar-refractivity contribution >= 4 is 33.8 Å². The number of likely N-dealkylation sites (N-methyl/N-ethyl adjacent to an activating group) is 1. The molecule has 1 aromatic carbocycles. The van der Waals surface area contributed by atoms with Gasteiger partial charge in [-0.25, -0.2) is 9.79 Å². The van der Waals surface area contributed by atoms with E-state index in [1.807, 2.05) is 29.2 Å². The second-order valence-electron chi connectivity index (χ2n) is 6.68. The first-order valence-electron chi connectivity index (χ1n) is 8.67. The molecular weight excluding hydrogens is 400 g/mol. The molecule has 0 spiro atoms. The molecular formula is C17H21BrN6O2. The summed E-state index contributed by atoms with van der Waals surface area (Å²) in [7, 11) is 1.68. The van der Waals surface area contributed by atoms with E-state index in [9.17, 15) is 9.59 Å². The van der Waals surface area contributed by atoms with Crippen molar-refractivity contribution < 1.29 is 9.59 Å². The van der Waals surface area contributed by atoms with Gasteiger partial charge in [0.25, 0.3) is 5.91 Å². The van der Waals surface area contributed by atoms with Crippen LogP contribution in [0, 0.1) is 0 Å². The zero-order chi connectivity index (χ0) is 18.3. The fourth-order valence-corrected chi connectivity index (χ4v) is 3.86. The van der Waals surface area contributed by atoms with Crippen molar-refractivity contribution in [3.05, 3.63) is 34.3 Å². The number of fused-ring (bicyclic) bond motifs is 1. The molecule has 0 saturated carbocycles. The molecule has 2 unspecified atom stereocenters. The second-order valence-corrected chi connectivity index (χ2v) is 7.60. The number of imide groups is 1. The predicted octanol–water partition coefficient (Wildman–Crippen LogP) is 0.402. The van der Waals surface area contributed by atoms with E-state index in [1.165, 1.54) is 4.90 Å². The number of aliphatic imine (C=N–C) groups is 1. The van der Waals surface area contributed by atoms with Gasteiger partial charge in [0.05, 0.1) is 0 Å². The number of benzene rings is 1. The van der Waals surface area contributed by atoms with Gasteiger partial charge in [-0.3, -0.25) is 10.1 Å². The van der Waals surface area contributed by atoms with Crippen LogP contribution < -0.4 is 10.6 Å². The minimum absolute atomic E-state index is 0.288. The van der Waals surface area contributed by atoms with E-state index >= 15 is 0 Å². The maximum atomic E-state index is 12.6. The van der Waals surface area contributed by atoms with Crippen LogP contribution in [-0.4, -0.2) is 78.0 Å². The summed E-state index contributed by atoms with van der Waals surface area (Å²) in [5.74, 6) is 0.505. The molecule has 0 bridgehead atoms. The van der Waals surface area contributed by atoms with Crippen LogP contribution in [0.25, 0.3) is 0 Å². The molecule has 0 radical (unpaired) electrons. The summed E-state index contributed by atoms with van der Waals surface area (Å²) in [6, 6.07) is 7.13. The molecule has 3 amide bonds. The highest BCUT2D eigenvalue weighted by atomic mass is 79.9. The van der Waals surface area contributed by atoms with Crippen molar-refractivity contribution in [2.24, 2.45) is 4.99 Å². The maximum absolute atomic E-state index is 12.6. The van der Waals surface area contributed by atoms with Crippen LogP contribution in [0.3, 0.4) is 0 Å². The van der Waals surface area contributed by atoms with E-state index in [4.69, 9.17) is 4.99 Å². The molecule has 0 aliphatic carbocycles. The quantitative estimate of drug-likeness (QED) is 0.723. The van der Waals surface area contributed by atoms with E-state index in [1.54, 1.807) is 7.05 Å². The number of hydrogen-bond acceptors (Lipinski definition) is 6.